The molecule has 3 aromatic rings. The molecule has 1 aliphatic carbocycles. The van der Waals surface area contributed by atoms with Gasteiger partial charge in [0.1, 0.15) is 6.04 Å². The van der Waals surface area contributed by atoms with E-state index in [2.05, 4.69) is 20.6 Å². The van der Waals surface area contributed by atoms with Crippen LogP contribution in [-0.4, -0.2) is 40.3 Å². The van der Waals surface area contributed by atoms with Crippen LogP contribution in [0.1, 0.15) is 47.0 Å². The molecule has 170 valence electrons. The van der Waals surface area contributed by atoms with Crippen molar-refractivity contribution in [1.82, 2.24) is 20.6 Å². The standard InChI is InChI=1S/C24H25N5O3S/c30-21(16-27-23(31)20-10-5-13-33-20)29(19-9-4-12-26-15-19)22(17-6-3-11-25-14-17)24(32)28-18-7-1-2-8-18/h3-6,9-15,18,22H,1-2,7-8,16H2,(H,27,31)(H,28,32)/t22-/m0/s1. The van der Waals surface area contributed by atoms with Crippen LogP contribution in [0.2, 0.25) is 0 Å². The maximum atomic E-state index is 13.5. The van der Waals surface area contributed by atoms with Gasteiger partial charge in [0.05, 0.1) is 23.3 Å². The smallest absolute Gasteiger partial charge is 0.261 e. The number of nitrogens with zero attached hydrogens (tertiary/aromatic N) is 3. The average molecular weight is 464 g/mol. The zero-order chi connectivity index (χ0) is 23.0. The van der Waals surface area contributed by atoms with Crippen molar-refractivity contribution < 1.29 is 14.4 Å². The Balaban J connectivity index is 1.63. The fourth-order valence-electron chi connectivity index (χ4n) is 3.97. The lowest BCUT2D eigenvalue weighted by atomic mass is 10.0. The SMILES string of the molecule is O=C(NCC(=O)N(c1cccnc1)[C@H](C(=O)NC1CCCC1)c1cccnc1)c1cccs1. The number of aromatic nitrogens is 2. The van der Waals surface area contributed by atoms with Gasteiger partial charge in [0.2, 0.25) is 11.8 Å². The summed E-state index contributed by atoms with van der Waals surface area (Å²) >= 11 is 1.29. The van der Waals surface area contributed by atoms with E-state index in [1.807, 2.05) is 0 Å². The molecule has 8 nitrogen and oxygen atoms in total. The second-order valence-corrected chi connectivity index (χ2v) is 8.76. The number of carbonyl (C=O) groups is 3. The minimum atomic E-state index is -0.949. The molecule has 3 aromatic heterocycles. The lowest BCUT2D eigenvalue weighted by molar-refractivity contribution is -0.126. The summed E-state index contributed by atoms with van der Waals surface area (Å²) in [5.74, 6) is -1.04. The molecule has 1 atom stereocenters. The third-order valence-electron chi connectivity index (χ3n) is 5.55. The van der Waals surface area contributed by atoms with Gasteiger partial charge in [0, 0.05) is 30.2 Å². The van der Waals surface area contributed by atoms with E-state index in [4.69, 9.17) is 0 Å². The molecule has 0 aromatic carbocycles. The first-order valence-corrected chi connectivity index (χ1v) is 11.8. The molecule has 4 rings (SSSR count). The van der Waals surface area contributed by atoms with E-state index in [0.717, 1.165) is 25.7 Å². The summed E-state index contributed by atoms with van der Waals surface area (Å²) in [6, 6.07) is 9.53. The molecule has 1 fully saturated rings. The van der Waals surface area contributed by atoms with Crippen molar-refractivity contribution in [3.63, 3.8) is 0 Å². The predicted octanol–water partition coefficient (Wildman–Crippen LogP) is 3.10. The Kier molecular flexibility index (Phi) is 7.41. The highest BCUT2D eigenvalue weighted by atomic mass is 32.1. The molecule has 33 heavy (non-hydrogen) atoms. The van der Waals surface area contributed by atoms with Crippen LogP contribution in [-0.2, 0) is 9.59 Å². The second kappa shape index (κ2) is 10.8. The third kappa shape index (κ3) is 5.61. The number of hydrogen-bond donors (Lipinski definition) is 2. The van der Waals surface area contributed by atoms with Crippen LogP contribution in [0.4, 0.5) is 5.69 Å². The van der Waals surface area contributed by atoms with E-state index in [1.165, 1.54) is 22.4 Å². The Bertz CT molecular complexity index is 1070. The van der Waals surface area contributed by atoms with Crippen LogP contribution in [0.15, 0.2) is 66.6 Å². The summed E-state index contributed by atoms with van der Waals surface area (Å²) in [7, 11) is 0. The van der Waals surface area contributed by atoms with Crippen molar-refractivity contribution in [3.05, 3.63) is 77.0 Å². The van der Waals surface area contributed by atoms with Crippen molar-refractivity contribution in [1.29, 1.82) is 0 Å². The molecule has 2 N–H and O–H groups in total. The van der Waals surface area contributed by atoms with Gasteiger partial charge < -0.3 is 10.6 Å². The van der Waals surface area contributed by atoms with Crippen molar-refractivity contribution in [2.45, 2.75) is 37.8 Å². The van der Waals surface area contributed by atoms with Gasteiger partial charge in [-0.15, -0.1) is 11.3 Å². The molecule has 0 spiro atoms. The van der Waals surface area contributed by atoms with Gasteiger partial charge >= 0.3 is 0 Å². The van der Waals surface area contributed by atoms with Crippen molar-refractivity contribution >= 4 is 34.7 Å². The van der Waals surface area contributed by atoms with Crippen LogP contribution >= 0.6 is 11.3 Å². The molecule has 0 aliphatic heterocycles. The molecule has 1 aliphatic rings. The van der Waals surface area contributed by atoms with E-state index < -0.39 is 11.9 Å². The second-order valence-electron chi connectivity index (χ2n) is 7.81. The molecule has 0 bridgehead atoms. The van der Waals surface area contributed by atoms with Crippen LogP contribution in [0.5, 0.6) is 0 Å². The molecular weight excluding hydrogens is 438 g/mol. The number of hydrogen-bond acceptors (Lipinski definition) is 6. The Hall–Kier alpha value is -3.59. The van der Waals surface area contributed by atoms with E-state index in [1.54, 1.807) is 60.4 Å². The maximum Gasteiger partial charge on any atom is 0.261 e. The van der Waals surface area contributed by atoms with E-state index in [9.17, 15) is 14.4 Å². The van der Waals surface area contributed by atoms with Crippen LogP contribution < -0.4 is 15.5 Å². The molecule has 3 amide bonds. The number of anilines is 1. The highest BCUT2D eigenvalue weighted by molar-refractivity contribution is 7.12. The number of rotatable bonds is 8. The highest BCUT2D eigenvalue weighted by Crippen LogP contribution is 2.28. The molecule has 3 heterocycles. The Morgan fingerprint density at radius 3 is 2.42 bits per heavy atom. The number of nitrogens with one attached hydrogen (secondary N) is 2. The molecule has 1 saturated carbocycles. The van der Waals surface area contributed by atoms with Crippen molar-refractivity contribution in [3.8, 4) is 0 Å². The normalized spacial score (nSPS) is 14.4. The van der Waals surface area contributed by atoms with Gasteiger partial charge in [0.15, 0.2) is 0 Å². The highest BCUT2D eigenvalue weighted by Gasteiger charge is 2.34. The number of thiophene rings is 1. The minimum Gasteiger partial charge on any atom is -0.351 e. The number of amides is 3. The van der Waals surface area contributed by atoms with Gasteiger partial charge in [-0.2, -0.15) is 0 Å². The minimum absolute atomic E-state index is 0.0843. The fraction of sp³-hybridized carbons (Fsp3) is 0.292. The topological polar surface area (TPSA) is 104 Å². The quantitative estimate of drug-likeness (QED) is 0.534. The Morgan fingerprint density at radius 1 is 1.03 bits per heavy atom. The largest absolute Gasteiger partial charge is 0.351 e. The fourth-order valence-corrected chi connectivity index (χ4v) is 4.62. The van der Waals surface area contributed by atoms with Gasteiger partial charge in [-0.05, 0) is 42.5 Å². The predicted molar refractivity (Wildman–Crippen MR) is 126 cm³/mol. The number of pyridine rings is 2. The first-order valence-electron chi connectivity index (χ1n) is 10.9. The Morgan fingerprint density at radius 2 is 1.79 bits per heavy atom. The molecule has 0 saturated heterocycles. The van der Waals surface area contributed by atoms with Gasteiger partial charge in [-0.25, -0.2) is 0 Å². The van der Waals surface area contributed by atoms with Gasteiger partial charge in [-0.1, -0.05) is 25.0 Å². The summed E-state index contributed by atoms with van der Waals surface area (Å²) in [5.41, 5.74) is 1.04. The molecular formula is C24H25N5O3S. The third-order valence-corrected chi connectivity index (χ3v) is 6.41. The lowest BCUT2D eigenvalue weighted by Crippen LogP contribution is -2.49. The molecule has 0 radical (unpaired) electrons. The van der Waals surface area contributed by atoms with Gasteiger partial charge in [-0.3, -0.25) is 29.3 Å². The monoisotopic (exact) mass is 463 g/mol. The first kappa shape index (κ1) is 22.6. The summed E-state index contributed by atoms with van der Waals surface area (Å²) in [6.07, 6.45) is 10.3. The summed E-state index contributed by atoms with van der Waals surface area (Å²) in [4.78, 5) is 49.6. The van der Waals surface area contributed by atoms with Crippen LogP contribution in [0.3, 0.4) is 0 Å². The van der Waals surface area contributed by atoms with E-state index in [-0.39, 0.29) is 24.4 Å². The number of carbonyl (C=O) groups excluding carboxylic acids is 3. The van der Waals surface area contributed by atoms with Crippen molar-refractivity contribution in [2.75, 3.05) is 11.4 Å². The average Bonchev–Trinajstić information content (AvgIpc) is 3.56. The summed E-state index contributed by atoms with van der Waals surface area (Å²) in [6.45, 7) is -0.265. The Labute approximate surface area is 196 Å². The van der Waals surface area contributed by atoms with Crippen LogP contribution in [0, 0.1) is 0 Å². The lowest BCUT2D eigenvalue weighted by Gasteiger charge is -2.32. The van der Waals surface area contributed by atoms with Crippen LogP contribution in [0.25, 0.3) is 0 Å². The summed E-state index contributed by atoms with van der Waals surface area (Å²) < 4.78 is 0. The van der Waals surface area contributed by atoms with Gasteiger partial charge in [0.25, 0.3) is 5.91 Å². The first-order chi connectivity index (χ1) is 16.1. The zero-order valence-corrected chi connectivity index (χ0v) is 18.8. The van der Waals surface area contributed by atoms with E-state index >= 15 is 0 Å². The zero-order valence-electron chi connectivity index (χ0n) is 18.0. The summed E-state index contributed by atoms with van der Waals surface area (Å²) in [5, 5.41) is 7.57. The maximum absolute atomic E-state index is 13.5. The van der Waals surface area contributed by atoms with Crippen molar-refractivity contribution in [2.24, 2.45) is 0 Å². The molecule has 0 unspecified atom stereocenters. The van der Waals surface area contributed by atoms with E-state index in [0.29, 0.717) is 16.1 Å². The molecule has 9 heteroatoms.